The van der Waals surface area contributed by atoms with E-state index in [-0.39, 0.29) is 30.7 Å². The Labute approximate surface area is 160 Å². The summed E-state index contributed by atoms with van der Waals surface area (Å²) < 4.78 is 2.20. The third kappa shape index (κ3) is 5.28. The first-order valence-corrected chi connectivity index (χ1v) is 9.04. The minimum Gasteiger partial charge on any atom is -0.328 e. The number of amides is 1. The summed E-state index contributed by atoms with van der Waals surface area (Å²) in [7, 11) is 0. The number of fused-ring (bicyclic) bond motifs is 1. The lowest BCUT2D eigenvalue weighted by molar-refractivity contribution is -0.117. The summed E-state index contributed by atoms with van der Waals surface area (Å²) in [6.45, 7) is 5.10. The van der Waals surface area contributed by atoms with E-state index in [1.54, 1.807) is 11.8 Å². The number of anilines is 1. The van der Waals surface area contributed by atoms with Crippen molar-refractivity contribution in [3.63, 3.8) is 0 Å². The molecule has 1 atom stereocenters. The summed E-state index contributed by atoms with van der Waals surface area (Å²) >= 11 is 1.69. The number of rotatable bonds is 7. The van der Waals surface area contributed by atoms with Crippen LogP contribution in [0.1, 0.15) is 26.1 Å². The van der Waals surface area contributed by atoms with E-state index in [9.17, 15) is 4.79 Å². The number of imidazole rings is 1. The maximum absolute atomic E-state index is 12.1. The SMILES string of the molecule is CCc1nc2cc(NC(=O)[C@@H](N)CCSC)ccc2n1CC.Cl.Cl. The lowest BCUT2D eigenvalue weighted by Crippen LogP contribution is -2.36. The number of nitrogens with two attached hydrogens (primary N) is 1. The van der Waals surface area contributed by atoms with Gasteiger partial charge in [0.15, 0.2) is 0 Å². The Morgan fingerprint density at radius 1 is 1.38 bits per heavy atom. The number of aryl methyl sites for hydroxylation is 2. The summed E-state index contributed by atoms with van der Waals surface area (Å²) in [5.74, 6) is 1.81. The number of nitrogens with one attached hydrogen (secondary N) is 1. The number of hydrogen-bond acceptors (Lipinski definition) is 4. The number of nitrogens with zero attached hydrogens (tertiary/aromatic N) is 2. The van der Waals surface area contributed by atoms with Crippen molar-refractivity contribution in [3.8, 4) is 0 Å². The summed E-state index contributed by atoms with van der Waals surface area (Å²) in [6.07, 6.45) is 3.58. The molecule has 136 valence electrons. The highest BCUT2D eigenvalue weighted by atomic mass is 35.5. The van der Waals surface area contributed by atoms with E-state index in [1.807, 2.05) is 24.5 Å². The molecule has 2 aromatic rings. The average molecular weight is 393 g/mol. The second-order valence-electron chi connectivity index (χ2n) is 5.21. The van der Waals surface area contributed by atoms with Gasteiger partial charge in [-0.3, -0.25) is 4.79 Å². The quantitative estimate of drug-likeness (QED) is 0.756. The molecule has 1 aromatic heterocycles. The number of hydrogen-bond donors (Lipinski definition) is 2. The van der Waals surface area contributed by atoms with E-state index >= 15 is 0 Å². The highest BCUT2D eigenvalue weighted by Crippen LogP contribution is 2.21. The third-order valence-corrected chi connectivity index (χ3v) is 4.34. The lowest BCUT2D eigenvalue weighted by Gasteiger charge is -2.11. The Morgan fingerprint density at radius 3 is 2.67 bits per heavy atom. The van der Waals surface area contributed by atoms with Gasteiger partial charge in [-0.2, -0.15) is 11.8 Å². The van der Waals surface area contributed by atoms with Crippen molar-refractivity contribution in [2.24, 2.45) is 5.73 Å². The van der Waals surface area contributed by atoms with Crippen LogP contribution in [-0.4, -0.2) is 33.5 Å². The summed E-state index contributed by atoms with van der Waals surface area (Å²) in [5.41, 5.74) is 8.65. The molecule has 0 unspecified atom stereocenters. The van der Waals surface area contributed by atoms with Crippen LogP contribution >= 0.6 is 36.6 Å². The van der Waals surface area contributed by atoms with Gasteiger partial charge in [0.05, 0.1) is 17.1 Å². The van der Waals surface area contributed by atoms with Crippen molar-refractivity contribution in [2.75, 3.05) is 17.3 Å². The van der Waals surface area contributed by atoms with Crippen molar-refractivity contribution < 1.29 is 4.79 Å². The number of carbonyl (C=O) groups is 1. The molecule has 1 heterocycles. The van der Waals surface area contributed by atoms with Crippen LogP contribution in [-0.2, 0) is 17.8 Å². The average Bonchev–Trinajstić information content (AvgIpc) is 2.89. The Morgan fingerprint density at radius 2 is 2.08 bits per heavy atom. The fourth-order valence-corrected chi connectivity index (χ4v) is 2.98. The van der Waals surface area contributed by atoms with Crippen LogP contribution in [0.2, 0.25) is 0 Å². The van der Waals surface area contributed by atoms with Crippen molar-refractivity contribution in [1.82, 2.24) is 9.55 Å². The van der Waals surface area contributed by atoms with Crippen molar-refractivity contribution in [2.45, 2.75) is 39.3 Å². The monoisotopic (exact) mass is 392 g/mol. The predicted octanol–water partition coefficient (Wildman–Crippen LogP) is 3.48. The predicted molar refractivity (Wildman–Crippen MR) is 109 cm³/mol. The van der Waals surface area contributed by atoms with E-state index in [1.165, 1.54) is 0 Å². The first-order chi connectivity index (χ1) is 10.6. The van der Waals surface area contributed by atoms with Gasteiger partial charge in [-0.1, -0.05) is 6.92 Å². The number of carbonyl (C=O) groups excluding carboxylic acids is 1. The van der Waals surface area contributed by atoms with E-state index in [0.717, 1.165) is 41.3 Å². The second-order valence-corrected chi connectivity index (χ2v) is 6.19. The van der Waals surface area contributed by atoms with Crippen molar-refractivity contribution in [1.29, 1.82) is 0 Å². The maximum atomic E-state index is 12.1. The summed E-state index contributed by atoms with van der Waals surface area (Å²) in [4.78, 5) is 16.7. The molecule has 0 saturated carbocycles. The van der Waals surface area contributed by atoms with Crippen molar-refractivity contribution >= 4 is 59.2 Å². The van der Waals surface area contributed by atoms with Gasteiger partial charge in [0.1, 0.15) is 5.82 Å². The highest BCUT2D eigenvalue weighted by Gasteiger charge is 2.14. The van der Waals surface area contributed by atoms with E-state index in [4.69, 9.17) is 5.73 Å². The third-order valence-electron chi connectivity index (χ3n) is 3.70. The van der Waals surface area contributed by atoms with Gasteiger partial charge < -0.3 is 15.6 Å². The van der Waals surface area contributed by atoms with E-state index < -0.39 is 6.04 Å². The Balaban J connectivity index is 0.00000264. The first kappa shape index (κ1) is 23.1. The number of aromatic nitrogens is 2. The van der Waals surface area contributed by atoms with E-state index in [0.29, 0.717) is 6.42 Å². The molecule has 24 heavy (non-hydrogen) atoms. The molecule has 1 aromatic carbocycles. The zero-order valence-electron chi connectivity index (χ0n) is 14.2. The van der Waals surface area contributed by atoms with Crippen molar-refractivity contribution in [3.05, 3.63) is 24.0 Å². The lowest BCUT2D eigenvalue weighted by atomic mass is 10.2. The van der Waals surface area contributed by atoms with Crippen LogP contribution in [0.25, 0.3) is 11.0 Å². The van der Waals surface area contributed by atoms with E-state index in [2.05, 4.69) is 28.7 Å². The van der Waals surface area contributed by atoms with Gasteiger partial charge in [0, 0.05) is 18.7 Å². The Kier molecular flexibility index (Phi) is 10.4. The topological polar surface area (TPSA) is 72.9 Å². The standard InChI is InChI=1S/C16H24N4OS.2ClH/c1-4-15-19-13-10-11(6-7-14(13)20(15)5-2)18-16(21)12(17)8-9-22-3;;/h6-7,10,12H,4-5,8-9,17H2,1-3H3,(H,18,21);2*1H/t12-;;/m0../s1. The minimum absolute atomic E-state index is 0. The molecule has 0 bridgehead atoms. The van der Waals surface area contributed by atoms with Crippen LogP contribution in [0.4, 0.5) is 5.69 Å². The zero-order valence-corrected chi connectivity index (χ0v) is 16.7. The summed E-state index contributed by atoms with van der Waals surface area (Å²) in [6, 6.07) is 5.37. The van der Waals surface area contributed by atoms with Gasteiger partial charge >= 0.3 is 0 Å². The maximum Gasteiger partial charge on any atom is 0.241 e. The zero-order chi connectivity index (χ0) is 16.1. The van der Waals surface area contributed by atoms with Crippen LogP contribution in [0.3, 0.4) is 0 Å². The Hall–Kier alpha value is -0.950. The van der Waals surface area contributed by atoms with Gasteiger partial charge in [-0.25, -0.2) is 4.98 Å². The molecule has 0 fully saturated rings. The van der Waals surface area contributed by atoms with Gasteiger partial charge in [0.2, 0.25) is 5.91 Å². The van der Waals surface area contributed by atoms with Gasteiger partial charge in [0.25, 0.3) is 0 Å². The largest absolute Gasteiger partial charge is 0.328 e. The number of halogens is 2. The highest BCUT2D eigenvalue weighted by molar-refractivity contribution is 7.98. The molecule has 0 aliphatic rings. The van der Waals surface area contributed by atoms with Crippen LogP contribution in [0, 0.1) is 0 Å². The fourth-order valence-electron chi connectivity index (χ4n) is 2.49. The minimum atomic E-state index is -0.470. The number of thioether (sulfide) groups is 1. The number of benzene rings is 1. The second kappa shape index (κ2) is 10.8. The smallest absolute Gasteiger partial charge is 0.241 e. The molecule has 1 amide bonds. The molecule has 8 heteroatoms. The molecule has 5 nitrogen and oxygen atoms in total. The molecule has 0 aliphatic carbocycles. The molecule has 0 saturated heterocycles. The van der Waals surface area contributed by atoms with Gasteiger partial charge in [-0.15, -0.1) is 24.8 Å². The summed E-state index contributed by atoms with van der Waals surface area (Å²) in [5, 5.41) is 2.89. The first-order valence-electron chi connectivity index (χ1n) is 7.65. The molecule has 0 aliphatic heterocycles. The van der Waals surface area contributed by atoms with Crippen LogP contribution in [0.15, 0.2) is 18.2 Å². The molecular weight excluding hydrogens is 367 g/mol. The van der Waals surface area contributed by atoms with Crippen LogP contribution in [0.5, 0.6) is 0 Å². The molecule has 0 spiro atoms. The molecule has 0 radical (unpaired) electrons. The molecule has 2 rings (SSSR count). The molecule has 3 N–H and O–H groups in total. The Bertz CT molecular complexity index is 663. The fraction of sp³-hybridized carbons (Fsp3) is 0.500. The van der Waals surface area contributed by atoms with Gasteiger partial charge in [-0.05, 0) is 43.6 Å². The normalized spacial score (nSPS) is 11.5. The molecular formula is C16H26Cl2N4OS. The van der Waals surface area contributed by atoms with Crippen LogP contribution < -0.4 is 11.1 Å².